The summed E-state index contributed by atoms with van der Waals surface area (Å²) in [4.78, 5) is 0. The minimum absolute atomic E-state index is 0.130. The first kappa shape index (κ1) is 21.9. The van der Waals surface area contributed by atoms with Crippen molar-refractivity contribution in [1.29, 1.82) is 0 Å². The van der Waals surface area contributed by atoms with E-state index in [9.17, 15) is 4.39 Å². The molecule has 4 heteroatoms. The maximum atomic E-state index is 14.3. The van der Waals surface area contributed by atoms with Crippen LogP contribution in [0.3, 0.4) is 0 Å². The van der Waals surface area contributed by atoms with Crippen molar-refractivity contribution in [3.05, 3.63) is 135 Å². The Morgan fingerprint density at radius 2 is 1.67 bits per heavy atom. The third-order valence-corrected chi connectivity index (χ3v) is 6.70. The van der Waals surface area contributed by atoms with Crippen LogP contribution in [0.1, 0.15) is 45.4 Å². The van der Waals surface area contributed by atoms with E-state index in [0.717, 1.165) is 38.0 Å². The highest BCUT2D eigenvalue weighted by molar-refractivity contribution is 9.10. The van der Waals surface area contributed by atoms with Crippen LogP contribution in [-0.2, 0) is 18.0 Å². The van der Waals surface area contributed by atoms with Gasteiger partial charge in [-0.1, -0.05) is 82.7 Å². The third-order valence-electron chi connectivity index (χ3n) is 6.21. The largest absolute Gasteiger partial charge is 0.489 e. The van der Waals surface area contributed by atoms with Gasteiger partial charge < -0.3 is 9.47 Å². The van der Waals surface area contributed by atoms with Gasteiger partial charge in [-0.05, 0) is 59.0 Å². The Labute approximate surface area is 202 Å². The van der Waals surface area contributed by atoms with Crippen molar-refractivity contribution in [3.63, 3.8) is 0 Å². The van der Waals surface area contributed by atoms with E-state index >= 15 is 0 Å². The minimum Gasteiger partial charge on any atom is -0.489 e. The van der Waals surface area contributed by atoms with Gasteiger partial charge in [0.25, 0.3) is 0 Å². The van der Waals surface area contributed by atoms with Crippen molar-refractivity contribution < 1.29 is 13.9 Å². The van der Waals surface area contributed by atoms with Crippen molar-refractivity contribution in [3.8, 4) is 5.75 Å². The van der Waals surface area contributed by atoms with Gasteiger partial charge in [0.05, 0.1) is 12.7 Å². The summed E-state index contributed by atoms with van der Waals surface area (Å²) < 4.78 is 28.0. The summed E-state index contributed by atoms with van der Waals surface area (Å²) in [5.41, 5.74) is 6.33. The number of hydrogen-bond donors (Lipinski definition) is 0. The van der Waals surface area contributed by atoms with E-state index < -0.39 is 0 Å². The molecule has 0 aromatic heterocycles. The van der Waals surface area contributed by atoms with E-state index in [4.69, 9.17) is 9.47 Å². The van der Waals surface area contributed by atoms with Crippen LogP contribution in [0.4, 0.5) is 4.39 Å². The number of hydrogen-bond acceptors (Lipinski definition) is 2. The predicted molar refractivity (Wildman–Crippen MR) is 132 cm³/mol. The first-order valence-electron chi connectivity index (χ1n) is 11.0. The summed E-state index contributed by atoms with van der Waals surface area (Å²) in [5.74, 6) is 0.403. The summed E-state index contributed by atoms with van der Waals surface area (Å²) in [7, 11) is 0. The van der Waals surface area contributed by atoms with E-state index in [1.54, 1.807) is 6.07 Å². The van der Waals surface area contributed by atoms with Gasteiger partial charge in [0.1, 0.15) is 18.2 Å². The summed E-state index contributed by atoms with van der Waals surface area (Å²) in [6.45, 7) is 2.96. The minimum atomic E-state index is -0.323. The number of aryl methyl sites for hydroxylation is 1. The number of rotatable bonds is 5. The van der Waals surface area contributed by atoms with Crippen LogP contribution in [0.15, 0.2) is 95.5 Å². The highest BCUT2D eigenvalue weighted by Gasteiger charge is 2.35. The Kier molecular flexibility index (Phi) is 6.30. The number of halogens is 2. The monoisotopic (exact) mass is 502 g/mol. The molecule has 0 radical (unpaired) electrons. The number of benzene rings is 4. The first-order chi connectivity index (χ1) is 16.1. The summed E-state index contributed by atoms with van der Waals surface area (Å²) in [6, 6.07) is 29.5. The van der Waals surface area contributed by atoms with Gasteiger partial charge in [0, 0.05) is 16.0 Å². The van der Waals surface area contributed by atoms with Crippen molar-refractivity contribution in [2.75, 3.05) is 0 Å². The Balaban J connectivity index is 1.62. The normalized spacial score (nSPS) is 17.4. The van der Waals surface area contributed by atoms with Crippen LogP contribution in [0.25, 0.3) is 0 Å². The summed E-state index contributed by atoms with van der Waals surface area (Å²) in [5, 5.41) is 0. The maximum Gasteiger partial charge on any atom is 0.124 e. The molecular weight excluding hydrogens is 479 g/mol. The molecule has 0 saturated carbocycles. The Morgan fingerprint density at radius 1 is 0.879 bits per heavy atom. The zero-order chi connectivity index (χ0) is 22.8. The van der Waals surface area contributed by atoms with Crippen molar-refractivity contribution in [2.24, 2.45) is 0 Å². The Hall–Kier alpha value is -2.95. The van der Waals surface area contributed by atoms with E-state index in [0.29, 0.717) is 13.2 Å². The lowest BCUT2D eigenvalue weighted by Gasteiger charge is -2.36. The molecule has 2 unspecified atom stereocenters. The standard InChI is InChI=1S/C29H24BrFO2/c1-19-11-13-23(31)16-26(19)29-28(24-10-6-5-9-21(24)18-33-29)25-14-12-22(30)15-27(25)32-17-20-7-3-2-4-8-20/h2-16,28-29H,17-18H2,1H3. The van der Waals surface area contributed by atoms with Crippen LogP contribution in [0, 0.1) is 12.7 Å². The molecule has 0 bridgehead atoms. The van der Waals surface area contributed by atoms with Crippen molar-refractivity contribution >= 4 is 15.9 Å². The molecule has 5 rings (SSSR count). The second-order valence-electron chi connectivity index (χ2n) is 8.37. The second kappa shape index (κ2) is 9.50. The van der Waals surface area contributed by atoms with Crippen LogP contribution in [-0.4, -0.2) is 0 Å². The fourth-order valence-corrected chi connectivity index (χ4v) is 4.89. The van der Waals surface area contributed by atoms with Gasteiger partial charge in [-0.2, -0.15) is 0 Å². The van der Waals surface area contributed by atoms with Crippen LogP contribution in [0.2, 0.25) is 0 Å². The molecule has 166 valence electrons. The zero-order valence-corrected chi connectivity index (χ0v) is 19.9. The third kappa shape index (κ3) is 4.59. The van der Waals surface area contributed by atoms with E-state index in [1.807, 2.05) is 49.4 Å². The molecular formula is C29H24BrFO2. The molecule has 1 aliphatic heterocycles. The van der Waals surface area contributed by atoms with Gasteiger partial charge in [0.15, 0.2) is 0 Å². The van der Waals surface area contributed by atoms with Gasteiger partial charge in [-0.25, -0.2) is 4.39 Å². The lowest BCUT2D eigenvalue weighted by atomic mass is 9.78. The highest BCUT2D eigenvalue weighted by Crippen LogP contribution is 2.48. The molecule has 33 heavy (non-hydrogen) atoms. The molecule has 0 spiro atoms. The first-order valence-corrected chi connectivity index (χ1v) is 11.8. The zero-order valence-electron chi connectivity index (χ0n) is 18.3. The van der Waals surface area contributed by atoms with E-state index in [-0.39, 0.29) is 17.8 Å². The number of ether oxygens (including phenoxy) is 2. The van der Waals surface area contributed by atoms with Crippen molar-refractivity contribution in [2.45, 2.75) is 32.2 Å². The quantitative estimate of drug-likeness (QED) is 0.276. The Morgan fingerprint density at radius 3 is 2.52 bits per heavy atom. The molecule has 1 heterocycles. The predicted octanol–water partition coefficient (Wildman–Crippen LogP) is 7.88. The van der Waals surface area contributed by atoms with Crippen molar-refractivity contribution in [1.82, 2.24) is 0 Å². The van der Waals surface area contributed by atoms with Crippen LogP contribution in [0.5, 0.6) is 5.75 Å². The highest BCUT2D eigenvalue weighted by atomic mass is 79.9. The van der Waals surface area contributed by atoms with E-state index in [2.05, 4.69) is 52.3 Å². The van der Waals surface area contributed by atoms with Gasteiger partial charge >= 0.3 is 0 Å². The molecule has 4 aromatic rings. The smallest absolute Gasteiger partial charge is 0.124 e. The van der Waals surface area contributed by atoms with Crippen LogP contribution >= 0.6 is 15.9 Å². The molecule has 1 aliphatic rings. The second-order valence-corrected chi connectivity index (χ2v) is 9.28. The Bertz CT molecular complexity index is 1270. The fraction of sp³-hybridized carbons (Fsp3) is 0.172. The van der Waals surface area contributed by atoms with Gasteiger partial charge in [-0.3, -0.25) is 0 Å². The average Bonchev–Trinajstić information content (AvgIpc) is 2.84. The van der Waals surface area contributed by atoms with Gasteiger partial charge in [0.2, 0.25) is 0 Å². The average molecular weight is 503 g/mol. The topological polar surface area (TPSA) is 18.5 Å². The lowest BCUT2D eigenvalue weighted by molar-refractivity contribution is 0.0137. The SMILES string of the molecule is Cc1ccc(F)cc1C1OCc2ccccc2C1c1ccc(Br)cc1OCc1ccccc1. The lowest BCUT2D eigenvalue weighted by Crippen LogP contribution is -2.24. The fourth-order valence-electron chi connectivity index (χ4n) is 4.55. The molecule has 2 atom stereocenters. The molecule has 0 N–H and O–H groups in total. The van der Waals surface area contributed by atoms with Crippen LogP contribution < -0.4 is 4.74 Å². The molecule has 0 fully saturated rings. The molecule has 4 aromatic carbocycles. The van der Waals surface area contributed by atoms with Gasteiger partial charge in [-0.15, -0.1) is 0 Å². The summed E-state index contributed by atoms with van der Waals surface area (Å²) >= 11 is 3.60. The molecule has 0 aliphatic carbocycles. The molecule has 0 saturated heterocycles. The summed E-state index contributed by atoms with van der Waals surface area (Å²) in [6.07, 6.45) is -0.323. The van der Waals surface area contributed by atoms with E-state index in [1.165, 1.54) is 11.6 Å². The molecule has 2 nitrogen and oxygen atoms in total. The number of fused-ring (bicyclic) bond motifs is 1. The molecule has 0 amide bonds. The maximum absolute atomic E-state index is 14.3.